The van der Waals surface area contributed by atoms with Gasteiger partial charge in [-0.05, 0) is 12.8 Å². The minimum Gasteiger partial charge on any atom is -0.759 e. The van der Waals surface area contributed by atoms with Gasteiger partial charge in [0.25, 0.3) is 0 Å². The second kappa shape index (κ2) is 32.9. The minimum absolute atomic E-state index is 0. The molecule has 12 heteroatoms. The molecule has 0 aromatic rings. The summed E-state index contributed by atoms with van der Waals surface area (Å²) in [4.78, 5) is 0. The van der Waals surface area contributed by atoms with Crippen LogP contribution >= 0.6 is 0 Å². The molecule has 0 heterocycles. The molecule has 0 amide bonds. The maximum absolute atomic E-state index is 11.7. The van der Waals surface area contributed by atoms with Crippen LogP contribution in [0.5, 0.6) is 0 Å². The van der Waals surface area contributed by atoms with Gasteiger partial charge < -0.3 is 9.11 Å². The zero-order valence-corrected chi connectivity index (χ0v) is 29.3. The van der Waals surface area contributed by atoms with Crippen molar-refractivity contribution < 1.29 is 93.4 Å². The molecule has 0 N–H and O–H groups in total. The van der Waals surface area contributed by atoms with Gasteiger partial charge in [0, 0.05) is 10.4 Å². The summed E-state index contributed by atoms with van der Waals surface area (Å²) < 4.78 is 67.4. The van der Waals surface area contributed by atoms with Crippen molar-refractivity contribution in [3.63, 3.8) is 0 Å². The first-order valence-corrected chi connectivity index (χ1v) is 16.0. The standard InChI is InChI=1S/C24H50O4S.2Na.H2O4S/c1-3-5-7-9-11-13-15-17-19-21-23-27-29(25,26)28-24-22-20-18-16-14-12-10-8-6-4-2;;;1-5(2,3)4/h3-24H2,1-2H3;;;(H2,1,2,3,4)/q;2*+1;/p-2. The molecule has 36 heavy (non-hydrogen) atoms. The van der Waals surface area contributed by atoms with Gasteiger partial charge in [-0.2, -0.15) is 8.42 Å². The Bertz CT molecular complexity index is 578. The van der Waals surface area contributed by atoms with E-state index < -0.39 is 20.8 Å². The van der Waals surface area contributed by atoms with Crippen LogP contribution in [0.15, 0.2) is 0 Å². The van der Waals surface area contributed by atoms with Gasteiger partial charge in [0.2, 0.25) is 0 Å². The molecule has 0 atom stereocenters. The molecule has 0 bridgehead atoms. The first kappa shape index (κ1) is 44.7. The zero-order chi connectivity index (χ0) is 26.0. The SMILES string of the molecule is CCCCCCCCCCCCOS(=O)(=O)OCCCCCCCCCCCC.O=S(=O)([O-])[O-].[Na+].[Na+]. The molecule has 0 saturated carbocycles. The van der Waals surface area contributed by atoms with Gasteiger partial charge in [-0.15, -0.1) is 0 Å². The van der Waals surface area contributed by atoms with E-state index in [9.17, 15) is 8.42 Å². The average Bonchev–Trinajstić information content (AvgIpc) is 2.74. The molecule has 0 aliphatic heterocycles. The van der Waals surface area contributed by atoms with E-state index in [1.165, 1.54) is 89.9 Å². The normalized spacial score (nSPS) is 11.2. The summed E-state index contributed by atoms with van der Waals surface area (Å²) in [6.07, 6.45) is 24.4. The van der Waals surface area contributed by atoms with Gasteiger partial charge in [0.1, 0.15) is 0 Å². The number of rotatable bonds is 24. The smallest absolute Gasteiger partial charge is 0.759 e. The monoisotopic (exact) mass is 576 g/mol. The maximum Gasteiger partial charge on any atom is 1.00 e. The molecule has 0 aliphatic rings. The van der Waals surface area contributed by atoms with E-state index in [1.807, 2.05) is 0 Å². The zero-order valence-electron chi connectivity index (χ0n) is 23.6. The van der Waals surface area contributed by atoms with Crippen molar-refractivity contribution in [1.29, 1.82) is 0 Å². The van der Waals surface area contributed by atoms with E-state index in [4.69, 9.17) is 25.9 Å². The first-order valence-electron chi connectivity index (χ1n) is 13.3. The molecule has 0 fully saturated rings. The van der Waals surface area contributed by atoms with Gasteiger partial charge >= 0.3 is 69.5 Å². The Hall–Kier alpha value is 1.74. The topological polar surface area (TPSA) is 133 Å². The largest absolute Gasteiger partial charge is 1.00 e. The fourth-order valence-corrected chi connectivity index (χ4v) is 4.25. The molecular weight excluding hydrogens is 526 g/mol. The second-order valence-electron chi connectivity index (χ2n) is 8.82. The quantitative estimate of drug-likeness (QED) is 0.0713. The second-order valence-corrected chi connectivity index (χ2v) is 10.9. The predicted molar refractivity (Wildman–Crippen MR) is 135 cm³/mol. The van der Waals surface area contributed by atoms with Crippen LogP contribution in [0.25, 0.3) is 0 Å². The average molecular weight is 577 g/mol. The van der Waals surface area contributed by atoms with E-state index >= 15 is 0 Å². The molecular formula is C24H50Na2O8S2. The van der Waals surface area contributed by atoms with Crippen LogP contribution in [-0.2, 0) is 29.2 Å². The molecule has 0 unspecified atom stereocenters. The summed E-state index contributed by atoms with van der Waals surface area (Å²) in [5.41, 5.74) is 0. The molecule has 0 radical (unpaired) electrons. The van der Waals surface area contributed by atoms with Crippen LogP contribution in [0.3, 0.4) is 0 Å². The Kier molecular flexibility index (Phi) is 41.0. The molecule has 0 aromatic heterocycles. The van der Waals surface area contributed by atoms with E-state index in [0.717, 1.165) is 38.5 Å². The Labute approximate surface area is 267 Å². The Morgan fingerprint density at radius 3 is 0.861 bits per heavy atom. The Balaban J connectivity index is -0.000000661. The van der Waals surface area contributed by atoms with Crippen LogP contribution in [0, 0.1) is 0 Å². The van der Waals surface area contributed by atoms with Crippen LogP contribution < -0.4 is 59.1 Å². The van der Waals surface area contributed by atoms with Crippen LogP contribution in [0.1, 0.15) is 142 Å². The van der Waals surface area contributed by atoms with Crippen molar-refractivity contribution in [2.45, 2.75) is 142 Å². The van der Waals surface area contributed by atoms with E-state index in [0.29, 0.717) is 0 Å². The van der Waals surface area contributed by atoms with Crippen molar-refractivity contribution >= 4 is 20.8 Å². The van der Waals surface area contributed by atoms with Gasteiger partial charge in [-0.3, -0.25) is 8.42 Å². The van der Waals surface area contributed by atoms with Crippen LogP contribution in [0.2, 0.25) is 0 Å². The summed E-state index contributed by atoms with van der Waals surface area (Å²) in [5, 5.41) is 0. The molecule has 0 saturated heterocycles. The molecule has 0 spiro atoms. The van der Waals surface area contributed by atoms with E-state index in [2.05, 4.69) is 13.8 Å². The number of hydrogen-bond acceptors (Lipinski definition) is 8. The molecule has 208 valence electrons. The van der Waals surface area contributed by atoms with Crippen molar-refractivity contribution in [2.75, 3.05) is 13.2 Å². The Morgan fingerprint density at radius 2 is 0.639 bits per heavy atom. The van der Waals surface area contributed by atoms with Gasteiger partial charge in [0.05, 0.1) is 13.2 Å². The van der Waals surface area contributed by atoms with Gasteiger partial charge in [0.15, 0.2) is 0 Å². The molecule has 8 nitrogen and oxygen atoms in total. The van der Waals surface area contributed by atoms with Gasteiger partial charge in [-0.25, -0.2) is 8.37 Å². The summed E-state index contributed by atoms with van der Waals surface area (Å²) in [5.74, 6) is 0. The van der Waals surface area contributed by atoms with E-state index in [1.54, 1.807) is 0 Å². The molecule has 0 rings (SSSR count). The summed E-state index contributed by atoms with van der Waals surface area (Å²) >= 11 is 0. The maximum atomic E-state index is 11.7. The van der Waals surface area contributed by atoms with Crippen LogP contribution in [0.4, 0.5) is 0 Å². The first-order chi connectivity index (χ1) is 16.1. The third-order valence-electron chi connectivity index (χ3n) is 5.45. The van der Waals surface area contributed by atoms with E-state index in [-0.39, 0.29) is 72.3 Å². The number of unbranched alkanes of at least 4 members (excludes halogenated alkanes) is 18. The fraction of sp³-hybridized carbons (Fsp3) is 1.00. The minimum atomic E-state index is -5.17. The molecule has 0 aliphatic carbocycles. The predicted octanol–water partition coefficient (Wildman–Crippen LogP) is 0.776. The number of hydrogen-bond donors (Lipinski definition) is 0. The third-order valence-corrected chi connectivity index (χ3v) is 6.36. The van der Waals surface area contributed by atoms with Crippen molar-refractivity contribution in [3.05, 3.63) is 0 Å². The third kappa shape index (κ3) is 48.8. The fourth-order valence-electron chi connectivity index (χ4n) is 3.53. The van der Waals surface area contributed by atoms with Crippen LogP contribution in [-0.4, -0.2) is 39.2 Å². The summed E-state index contributed by atoms with van der Waals surface area (Å²) in [7, 11) is -8.97. The molecule has 0 aromatic carbocycles. The Morgan fingerprint density at radius 1 is 0.444 bits per heavy atom. The van der Waals surface area contributed by atoms with Crippen molar-refractivity contribution in [1.82, 2.24) is 0 Å². The summed E-state index contributed by atoms with van der Waals surface area (Å²) in [6, 6.07) is 0. The summed E-state index contributed by atoms with van der Waals surface area (Å²) in [6.45, 7) is 4.98. The van der Waals surface area contributed by atoms with Crippen molar-refractivity contribution in [2.24, 2.45) is 0 Å². The van der Waals surface area contributed by atoms with Gasteiger partial charge in [-0.1, -0.05) is 129 Å². The van der Waals surface area contributed by atoms with Crippen molar-refractivity contribution in [3.8, 4) is 0 Å².